The van der Waals surface area contributed by atoms with Gasteiger partial charge in [-0.15, -0.1) is 0 Å². The van der Waals surface area contributed by atoms with E-state index in [1.165, 1.54) is 68.6 Å². The first-order chi connectivity index (χ1) is 16.3. The zero-order valence-corrected chi connectivity index (χ0v) is 22.3. The van der Waals surface area contributed by atoms with Crippen LogP contribution in [0.1, 0.15) is 97.0 Å². The van der Waals surface area contributed by atoms with Crippen molar-refractivity contribution >= 4 is 10.8 Å². The van der Waals surface area contributed by atoms with E-state index in [0.29, 0.717) is 16.9 Å². The summed E-state index contributed by atoms with van der Waals surface area (Å²) in [6.45, 7) is 10.2. The molecule has 0 saturated heterocycles. The Hall–Kier alpha value is -1.41. The Bertz CT molecular complexity index is 1040. The molecule has 34 heavy (non-hydrogen) atoms. The number of fused-ring (bicyclic) bond motifs is 6. The molecule has 2 aromatic rings. The zero-order valence-electron chi connectivity index (χ0n) is 22.3. The largest absolute Gasteiger partial charge is 0.301 e. The van der Waals surface area contributed by atoms with Gasteiger partial charge in [-0.2, -0.15) is 0 Å². The highest BCUT2D eigenvalue weighted by molar-refractivity contribution is 5.82. The van der Waals surface area contributed by atoms with E-state index in [2.05, 4.69) is 75.1 Å². The van der Waals surface area contributed by atoms with Gasteiger partial charge in [-0.1, -0.05) is 26.0 Å². The van der Waals surface area contributed by atoms with Crippen molar-refractivity contribution in [2.45, 2.75) is 103 Å². The van der Waals surface area contributed by atoms with Crippen LogP contribution in [-0.4, -0.2) is 29.0 Å². The van der Waals surface area contributed by atoms with Gasteiger partial charge in [0.1, 0.15) is 0 Å². The summed E-state index contributed by atoms with van der Waals surface area (Å²) >= 11 is 0. The van der Waals surface area contributed by atoms with Gasteiger partial charge in [-0.25, -0.2) is 0 Å². The Kier molecular flexibility index (Phi) is 5.64. The average molecular weight is 459 g/mol. The fourth-order valence-corrected chi connectivity index (χ4v) is 9.89. The van der Waals surface area contributed by atoms with Gasteiger partial charge in [0.05, 0.1) is 0 Å². The molecule has 1 aromatic carbocycles. The normalized spacial score (nSPS) is 42.0. The first-order valence-electron chi connectivity index (χ1n) is 14.4. The highest BCUT2D eigenvalue weighted by Gasteiger charge is 2.60. The lowest BCUT2D eigenvalue weighted by Gasteiger charge is -2.61. The maximum absolute atomic E-state index is 4.40. The molecular weight excluding hydrogens is 412 g/mol. The second kappa shape index (κ2) is 8.32. The fourth-order valence-electron chi connectivity index (χ4n) is 9.89. The maximum atomic E-state index is 4.40. The van der Waals surface area contributed by atoms with Gasteiger partial charge < -0.3 is 4.90 Å². The molecule has 2 heteroatoms. The predicted molar refractivity (Wildman–Crippen MR) is 143 cm³/mol. The second-order valence-corrected chi connectivity index (χ2v) is 13.5. The molecule has 0 bridgehead atoms. The highest BCUT2D eigenvalue weighted by atomic mass is 15.1. The van der Waals surface area contributed by atoms with Gasteiger partial charge in [0.15, 0.2) is 0 Å². The summed E-state index contributed by atoms with van der Waals surface area (Å²) in [5.74, 6) is 4.53. The monoisotopic (exact) mass is 458 g/mol. The lowest BCUT2D eigenvalue weighted by Crippen LogP contribution is -2.55. The van der Waals surface area contributed by atoms with Crippen LogP contribution in [0.3, 0.4) is 0 Å². The molecule has 1 unspecified atom stereocenters. The molecule has 8 atom stereocenters. The Morgan fingerprint density at radius 2 is 1.68 bits per heavy atom. The first kappa shape index (κ1) is 23.0. The molecule has 184 valence electrons. The molecule has 0 N–H and O–H groups in total. The minimum atomic E-state index is 0.481. The lowest BCUT2D eigenvalue weighted by atomic mass is 9.44. The molecule has 6 rings (SSSR count). The molecule has 2 nitrogen and oxygen atoms in total. The van der Waals surface area contributed by atoms with Gasteiger partial charge in [0, 0.05) is 29.9 Å². The summed E-state index contributed by atoms with van der Waals surface area (Å²) in [7, 11) is 2.37. The molecular formula is C32H46N2. The Morgan fingerprint density at radius 1 is 0.882 bits per heavy atom. The third-order valence-corrected chi connectivity index (χ3v) is 12.1. The predicted octanol–water partition coefficient (Wildman–Crippen LogP) is 8.07. The topological polar surface area (TPSA) is 16.1 Å². The Labute approximate surface area is 207 Å². The molecule has 1 heterocycles. The third-order valence-electron chi connectivity index (χ3n) is 12.1. The van der Waals surface area contributed by atoms with E-state index in [1.807, 2.05) is 6.20 Å². The van der Waals surface area contributed by atoms with Crippen LogP contribution in [0.15, 0.2) is 36.7 Å². The van der Waals surface area contributed by atoms with Crippen molar-refractivity contribution in [2.24, 2.45) is 34.5 Å². The number of aromatic nitrogens is 1. The van der Waals surface area contributed by atoms with Crippen LogP contribution in [0.2, 0.25) is 0 Å². The quantitative estimate of drug-likeness (QED) is 0.462. The molecule has 1 aromatic heterocycles. The van der Waals surface area contributed by atoms with Crippen molar-refractivity contribution in [1.82, 2.24) is 9.88 Å². The minimum absolute atomic E-state index is 0.481. The number of hydrogen-bond donors (Lipinski definition) is 0. The van der Waals surface area contributed by atoms with Crippen molar-refractivity contribution in [3.05, 3.63) is 42.2 Å². The summed E-state index contributed by atoms with van der Waals surface area (Å²) in [6, 6.07) is 10.9. The van der Waals surface area contributed by atoms with Crippen molar-refractivity contribution in [2.75, 3.05) is 7.05 Å². The van der Waals surface area contributed by atoms with Gasteiger partial charge in [-0.05, 0) is 142 Å². The number of hydrogen-bond acceptors (Lipinski definition) is 2. The number of benzene rings is 1. The van der Waals surface area contributed by atoms with Crippen LogP contribution in [-0.2, 0) is 0 Å². The lowest BCUT2D eigenvalue weighted by molar-refractivity contribution is -0.117. The summed E-state index contributed by atoms with van der Waals surface area (Å²) in [6.07, 6.45) is 17.0. The van der Waals surface area contributed by atoms with Crippen LogP contribution >= 0.6 is 0 Å². The van der Waals surface area contributed by atoms with Gasteiger partial charge >= 0.3 is 0 Å². The number of nitrogens with zero attached hydrogens (tertiary/aromatic N) is 2. The van der Waals surface area contributed by atoms with Gasteiger partial charge in [0.25, 0.3) is 0 Å². The summed E-state index contributed by atoms with van der Waals surface area (Å²) in [5.41, 5.74) is 2.65. The van der Waals surface area contributed by atoms with E-state index in [4.69, 9.17) is 0 Å². The summed E-state index contributed by atoms with van der Waals surface area (Å²) in [5, 5.41) is 2.64. The highest BCUT2D eigenvalue weighted by Crippen LogP contribution is 2.69. The van der Waals surface area contributed by atoms with E-state index in [-0.39, 0.29) is 0 Å². The molecule has 0 aliphatic heterocycles. The summed E-state index contributed by atoms with van der Waals surface area (Å²) < 4.78 is 0. The zero-order chi connectivity index (χ0) is 23.7. The van der Waals surface area contributed by atoms with E-state index in [9.17, 15) is 0 Å². The van der Waals surface area contributed by atoms with Crippen LogP contribution in [0.4, 0.5) is 0 Å². The molecule has 0 spiro atoms. The average Bonchev–Trinajstić information content (AvgIpc) is 3.20. The molecule has 4 fully saturated rings. The van der Waals surface area contributed by atoms with Gasteiger partial charge in [-0.3, -0.25) is 4.98 Å². The van der Waals surface area contributed by atoms with E-state index in [0.717, 1.165) is 35.6 Å². The number of rotatable bonds is 3. The van der Waals surface area contributed by atoms with Crippen molar-refractivity contribution in [3.63, 3.8) is 0 Å². The van der Waals surface area contributed by atoms with E-state index >= 15 is 0 Å². The fraction of sp³-hybridized carbons (Fsp3) is 0.719. The summed E-state index contributed by atoms with van der Waals surface area (Å²) in [4.78, 5) is 7.07. The molecule has 4 saturated carbocycles. The Balaban J connectivity index is 1.24. The van der Waals surface area contributed by atoms with Crippen LogP contribution in [0.25, 0.3) is 10.8 Å². The van der Waals surface area contributed by atoms with Crippen LogP contribution < -0.4 is 0 Å². The van der Waals surface area contributed by atoms with E-state index < -0.39 is 0 Å². The molecule has 0 amide bonds. The van der Waals surface area contributed by atoms with Crippen LogP contribution in [0.5, 0.6) is 0 Å². The first-order valence-corrected chi connectivity index (χ1v) is 14.4. The molecule has 4 aliphatic rings. The van der Waals surface area contributed by atoms with Gasteiger partial charge in [0.2, 0.25) is 0 Å². The maximum Gasteiger partial charge on any atom is 0.0346 e. The number of pyridine rings is 1. The van der Waals surface area contributed by atoms with Crippen LogP contribution in [0, 0.1) is 34.5 Å². The van der Waals surface area contributed by atoms with Crippen molar-refractivity contribution in [1.29, 1.82) is 0 Å². The van der Waals surface area contributed by atoms with E-state index in [1.54, 1.807) is 5.56 Å². The molecule has 4 aliphatic carbocycles. The SMILES string of the molecule is CC(C)N(C)[C@@H]1CC[C@@]2(C)[C@@H](CCC3[C@@H]2CC[C@]2(C)[C@@H](c4ccc5ccncc5c4)CC[C@@H]32)C1. The smallest absolute Gasteiger partial charge is 0.0346 e. The molecule has 0 radical (unpaired) electrons. The van der Waals surface area contributed by atoms with Crippen molar-refractivity contribution < 1.29 is 0 Å². The second-order valence-electron chi connectivity index (χ2n) is 13.5. The standard InChI is InChI=1S/C32H46N2/c1-21(2)34(5)26-12-15-31(3)25(19-26)8-9-27-29-11-10-28(32(29,4)16-13-30(27)31)23-7-6-22-14-17-33-20-24(22)18-23/h6-7,14,17-18,20-21,25-30H,8-13,15-16,19H2,1-5H3/t25-,26+,27?,28+,29-,30-,31-,32+/m0/s1. The Morgan fingerprint density at radius 3 is 2.50 bits per heavy atom. The van der Waals surface area contributed by atoms with Crippen molar-refractivity contribution in [3.8, 4) is 0 Å². The minimum Gasteiger partial charge on any atom is -0.301 e. The third kappa shape index (κ3) is 3.41.